The Morgan fingerprint density at radius 1 is 0.789 bits per heavy atom. The molecule has 0 heterocycles. The second-order valence-electron chi connectivity index (χ2n) is 8.49. The van der Waals surface area contributed by atoms with Gasteiger partial charge in [0.1, 0.15) is 11.8 Å². The number of ether oxygens (including phenoxy) is 1. The molecule has 0 aromatic heterocycles. The first-order chi connectivity index (χ1) is 18.4. The Morgan fingerprint density at radius 2 is 1.45 bits per heavy atom. The third-order valence-corrected chi connectivity index (χ3v) is 6.75. The van der Waals surface area contributed by atoms with Crippen molar-refractivity contribution in [1.82, 2.24) is 10.2 Å². The first-order valence-electron chi connectivity index (χ1n) is 11.9. The fourth-order valence-corrected chi connectivity index (χ4v) is 4.61. The van der Waals surface area contributed by atoms with Crippen LogP contribution in [0.15, 0.2) is 103 Å². The van der Waals surface area contributed by atoms with Gasteiger partial charge < -0.3 is 15.0 Å². The molecule has 0 spiro atoms. The van der Waals surface area contributed by atoms with Gasteiger partial charge in [-0.25, -0.2) is 0 Å². The quantitative estimate of drug-likeness (QED) is 0.222. The van der Waals surface area contributed by atoms with Crippen LogP contribution >= 0.6 is 34.8 Å². The number of benzene rings is 4. The summed E-state index contributed by atoms with van der Waals surface area (Å²) in [6, 6.07) is 29.7. The van der Waals surface area contributed by atoms with E-state index in [1.54, 1.807) is 42.5 Å². The molecule has 0 fully saturated rings. The molecule has 0 bridgehead atoms. The maximum Gasteiger partial charge on any atom is 0.261 e. The third-order valence-electron chi connectivity index (χ3n) is 5.85. The SMILES string of the molecule is O=C(NCc1ccc(Cl)cc1Cl)C(c1ccccc1)N(Cc1ccccc1)C(=O)COc1ccccc1Cl. The Kier molecular flexibility index (Phi) is 9.66. The van der Waals surface area contributed by atoms with Gasteiger partial charge in [-0.15, -0.1) is 0 Å². The maximum absolute atomic E-state index is 13.7. The zero-order valence-electron chi connectivity index (χ0n) is 20.3. The lowest BCUT2D eigenvalue weighted by atomic mass is 10.0. The number of nitrogens with zero attached hydrogens (tertiary/aromatic N) is 1. The summed E-state index contributed by atoms with van der Waals surface area (Å²) in [7, 11) is 0. The minimum atomic E-state index is -0.926. The molecule has 1 atom stereocenters. The maximum atomic E-state index is 13.7. The summed E-state index contributed by atoms with van der Waals surface area (Å²) in [6.07, 6.45) is 0. The molecule has 8 heteroatoms. The third kappa shape index (κ3) is 7.29. The Hall–Kier alpha value is -3.51. The molecular formula is C30H25Cl3N2O3. The van der Waals surface area contributed by atoms with Crippen LogP contribution in [0.5, 0.6) is 5.75 Å². The van der Waals surface area contributed by atoms with Crippen molar-refractivity contribution in [3.8, 4) is 5.75 Å². The van der Waals surface area contributed by atoms with Gasteiger partial charge in [0.25, 0.3) is 5.91 Å². The summed E-state index contributed by atoms with van der Waals surface area (Å²) in [5.41, 5.74) is 2.24. The van der Waals surface area contributed by atoms with E-state index in [0.717, 1.165) is 5.56 Å². The summed E-state index contributed by atoms with van der Waals surface area (Å²) in [5.74, 6) is -0.341. The molecule has 194 valence electrons. The minimum absolute atomic E-state index is 0.168. The number of carbonyl (C=O) groups is 2. The smallest absolute Gasteiger partial charge is 0.261 e. The van der Waals surface area contributed by atoms with Crippen molar-refractivity contribution in [3.63, 3.8) is 0 Å². The van der Waals surface area contributed by atoms with Crippen molar-refractivity contribution < 1.29 is 14.3 Å². The Labute approximate surface area is 236 Å². The van der Waals surface area contributed by atoms with Gasteiger partial charge in [-0.2, -0.15) is 0 Å². The van der Waals surface area contributed by atoms with Gasteiger partial charge >= 0.3 is 0 Å². The van der Waals surface area contributed by atoms with Gasteiger partial charge in [0.15, 0.2) is 6.61 Å². The summed E-state index contributed by atoms with van der Waals surface area (Å²) < 4.78 is 5.75. The number of hydrogen-bond donors (Lipinski definition) is 1. The predicted molar refractivity (Wildman–Crippen MR) is 151 cm³/mol. The highest BCUT2D eigenvalue weighted by molar-refractivity contribution is 6.35. The van der Waals surface area contributed by atoms with Crippen LogP contribution in [0.2, 0.25) is 15.1 Å². The standard InChI is InChI=1S/C30H25Cl3N2O3/c31-24-16-15-23(26(33)17-24)18-34-30(37)29(22-11-5-2-6-12-22)35(19-21-9-3-1-4-10-21)28(36)20-38-27-14-8-7-13-25(27)32/h1-17,29H,18-20H2,(H,34,37). The van der Waals surface area contributed by atoms with Crippen molar-refractivity contribution in [2.45, 2.75) is 19.1 Å². The average Bonchev–Trinajstić information content (AvgIpc) is 2.93. The number of hydrogen-bond acceptors (Lipinski definition) is 3. The fourth-order valence-electron chi connectivity index (χ4n) is 3.94. The molecule has 38 heavy (non-hydrogen) atoms. The normalized spacial score (nSPS) is 11.4. The number of halogens is 3. The molecule has 2 amide bonds. The summed E-state index contributed by atoms with van der Waals surface area (Å²) in [5, 5.41) is 4.28. The largest absolute Gasteiger partial charge is 0.482 e. The highest BCUT2D eigenvalue weighted by atomic mass is 35.5. The number of nitrogens with one attached hydrogen (secondary N) is 1. The molecule has 4 rings (SSSR count). The van der Waals surface area contributed by atoms with E-state index in [9.17, 15) is 9.59 Å². The molecule has 0 aliphatic heterocycles. The molecule has 0 aliphatic rings. The van der Waals surface area contributed by atoms with Crippen LogP contribution in [0.25, 0.3) is 0 Å². The van der Waals surface area contributed by atoms with E-state index in [1.807, 2.05) is 60.7 Å². The van der Waals surface area contributed by atoms with Crippen molar-refractivity contribution in [1.29, 1.82) is 0 Å². The second kappa shape index (κ2) is 13.3. The van der Waals surface area contributed by atoms with E-state index in [2.05, 4.69) is 5.32 Å². The van der Waals surface area contributed by atoms with Gasteiger partial charge in [-0.1, -0.05) is 114 Å². The first-order valence-corrected chi connectivity index (χ1v) is 13.0. The van der Waals surface area contributed by atoms with E-state index in [1.165, 1.54) is 4.90 Å². The summed E-state index contributed by atoms with van der Waals surface area (Å²) in [6.45, 7) is 0.0675. The second-order valence-corrected chi connectivity index (χ2v) is 9.74. The van der Waals surface area contributed by atoms with E-state index in [4.69, 9.17) is 39.5 Å². The molecule has 0 saturated heterocycles. The molecule has 4 aromatic rings. The number of amides is 2. The minimum Gasteiger partial charge on any atom is -0.482 e. The molecule has 0 radical (unpaired) electrons. The van der Waals surface area contributed by atoms with Crippen molar-refractivity contribution in [2.24, 2.45) is 0 Å². The zero-order valence-corrected chi connectivity index (χ0v) is 22.6. The van der Waals surface area contributed by atoms with Crippen LogP contribution in [0.4, 0.5) is 0 Å². The Bertz CT molecular complexity index is 1380. The molecule has 0 aliphatic carbocycles. The summed E-state index contributed by atoms with van der Waals surface area (Å²) in [4.78, 5) is 28.9. The molecule has 1 N–H and O–H groups in total. The van der Waals surface area contributed by atoms with E-state index in [0.29, 0.717) is 31.9 Å². The predicted octanol–water partition coefficient (Wildman–Crippen LogP) is 7.11. The zero-order chi connectivity index (χ0) is 26.9. The van der Waals surface area contributed by atoms with Gasteiger partial charge in [0.2, 0.25) is 5.91 Å². The van der Waals surface area contributed by atoms with E-state index in [-0.39, 0.29) is 31.5 Å². The average molecular weight is 568 g/mol. The van der Waals surface area contributed by atoms with Crippen molar-refractivity contribution >= 4 is 46.6 Å². The van der Waals surface area contributed by atoms with E-state index >= 15 is 0 Å². The van der Waals surface area contributed by atoms with Crippen LogP contribution in [0.3, 0.4) is 0 Å². The lowest BCUT2D eigenvalue weighted by molar-refractivity contribution is -0.143. The lowest BCUT2D eigenvalue weighted by Gasteiger charge is -2.31. The van der Waals surface area contributed by atoms with Crippen molar-refractivity contribution in [3.05, 3.63) is 135 Å². The van der Waals surface area contributed by atoms with Gasteiger partial charge in [-0.3, -0.25) is 9.59 Å². The Balaban J connectivity index is 1.63. The number of para-hydroxylation sites is 1. The first kappa shape index (κ1) is 27.5. The molecular weight excluding hydrogens is 543 g/mol. The molecule has 5 nitrogen and oxygen atoms in total. The molecule has 1 unspecified atom stereocenters. The van der Waals surface area contributed by atoms with Gasteiger partial charge in [0, 0.05) is 23.1 Å². The fraction of sp³-hybridized carbons (Fsp3) is 0.133. The highest BCUT2D eigenvalue weighted by Gasteiger charge is 2.32. The molecule has 4 aromatic carbocycles. The van der Waals surface area contributed by atoms with Crippen LogP contribution in [0.1, 0.15) is 22.7 Å². The van der Waals surface area contributed by atoms with Crippen molar-refractivity contribution in [2.75, 3.05) is 6.61 Å². The van der Waals surface area contributed by atoms with Crippen LogP contribution in [0, 0.1) is 0 Å². The van der Waals surface area contributed by atoms with Crippen LogP contribution in [-0.4, -0.2) is 23.3 Å². The van der Waals surface area contributed by atoms with Gasteiger partial charge in [-0.05, 0) is 41.0 Å². The number of carbonyl (C=O) groups excluding carboxylic acids is 2. The topological polar surface area (TPSA) is 58.6 Å². The van der Waals surface area contributed by atoms with E-state index < -0.39 is 6.04 Å². The van der Waals surface area contributed by atoms with Crippen LogP contribution in [-0.2, 0) is 22.7 Å². The lowest BCUT2D eigenvalue weighted by Crippen LogP contribution is -2.45. The number of rotatable bonds is 10. The highest BCUT2D eigenvalue weighted by Crippen LogP contribution is 2.27. The van der Waals surface area contributed by atoms with Crippen LogP contribution < -0.4 is 10.1 Å². The monoisotopic (exact) mass is 566 g/mol. The Morgan fingerprint density at radius 3 is 2.13 bits per heavy atom. The summed E-state index contributed by atoms with van der Waals surface area (Å²) >= 11 is 18.5. The van der Waals surface area contributed by atoms with Gasteiger partial charge in [0.05, 0.1) is 5.02 Å². The molecule has 0 saturated carbocycles.